The number of hydrogen-bond acceptors (Lipinski definition) is 4. The minimum Gasteiger partial charge on any atom is -0.389 e. The molecule has 1 aliphatic carbocycles. The van der Waals surface area contributed by atoms with Crippen molar-refractivity contribution in [3.63, 3.8) is 0 Å². The van der Waals surface area contributed by atoms with Crippen molar-refractivity contribution in [1.29, 1.82) is 0 Å². The number of nitrogens with zero attached hydrogens (tertiary/aromatic N) is 2. The van der Waals surface area contributed by atoms with E-state index in [2.05, 4.69) is 17.9 Å². The maximum Gasteiger partial charge on any atom is 0.222 e. The van der Waals surface area contributed by atoms with Crippen molar-refractivity contribution in [2.45, 2.75) is 90.1 Å². The Morgan fingerprint density at radius 3 is 2.50 bits per heavy atom. The van der Waals surface area contributed by atoms with Crippen LogP contribution < -0.4 is 4.90 Å². The van der Waals surface area contributed by atoms with Crippen molar-refractivity contribution in [3.8, 4) is 0 Å². The zero-order chi connectivity index (χ0) is 25.8. The minimum atomic E-state index is -0.383. The molecule has 1 saturated carbocycles. The number of benzene rings is 1. The van der Waals surface area contributed by atoms with Crippen LogP contribution in [0.4, 0.5) is 5.69 Å². The van der Waals surface area contributed by atoms with Crippen molar-refractivity contribution in [2.24, 2.45) is 11.8 Å². The van der Waals surface area contributed by atoms with E-state index in [1.807, 2.05) is 35.2 Å². The van der Waals surface area contributed by atoms with Gasteiger partial charge in [0.2, 0.25) is 5.91 Å². The molecule has 1 heterocycles. The standard InChI is InChI=1S/C30H45ClN2O3/c1-2-3-6-9-27(34)18-12-24-13-19-29(35)28(24)10-7-4-5-8-11-30(36)33-22-20-32(21-23-33)26-16-14-25(31)15-17-26/h12,14-18,24,27-28,34H,2-11,13,19-23H2,1H3. The highest BCUT2D eigenvalue weighted by atomic mass is 35.5. The van der Waals surface area contributed by atoms with Gasteiger partial charge in [0.1, 0.15) is 5.78 Å². The fraction of sp³-hybridized carbons (Fsp3) is 0.667. The summed E-state index contributed by atoms with van der Waals surface area (Å²) in [6.45, 7) is 5.42. The Hall–Kier alpha value is -1.85. The van der Waals surface area contributed by atoms with Gasteiger partial charge in [-0.15, -0.1) is 0 Å². The Labute approximate surface area is 222 Å². The second-order valence-electron chi connectivity index (χ2n) is 10.5. The molecule has 1 N–H and O–H groups in total. The molecule has 1 aromatic carbocycles. The second kappa shape index (κ2) is 15.4. The molecule has 0 spiro atoms. The van der Waals surface area contributed by atoms with Crippen LogP contribution >= 0.6 is 11.6 Å². The molecule has 2 aliphatic rings. The molecule has 1 amide bonds. The lowest BCUT2D eigenvalue weighted by Crippen LogP contribution is -2.48. The molecule has 6 heteroatoms. The Bertz CT molecular complexity index is 833. The van der Waals surface area contributed by atoms with Gasteiger partial charge in [0.15, 0.2) is 0 Å². The monoisotopic (exact) mass is 516 g/mol. The van der Waals surface area contributed by atoms with E-state index in [4.69, 9.17) is 11.6 Å². The average molecular weight is 517 g/mol. The van der Waals surface area contributed by atoms with Crippen LogP contribution in [0.2, 0.25) is 5.02 Å². The number of ketones is 1. The Kier molecular flexibility index (Phi) is 12.3. The molecule has 5 nitrogen and oxygen atoms in total. The van der Waals surface area contributed by atoms with Gasteiger partial charge in [-0.05, 0) is 55.9 Å². The largest absolute Gasteiger partial charge is 0.389 e. The molecule has 1 saturated heterocycles. The van der Waals surface area contributed by atoms with Crippen molar-refractivity contribution in [1.82, 2.24) is 4.90 Å². The molecule has 2 fully saturated rings. The fourth-order valence-electron chi connectivity index (χ4n) is 5.53. The molecular formula is C30H45ClN2O3. The summed E-state index contributed by atoms with van der Waals surface area (Å²) in [5.74, 6) is 1.05. The van der Waals surface area contributed by atoms with E-state index in [9.17, 15) is 14.7 Å². The number of aliphatic hydroxyl groups is 1. The number of Topliss-reactive ketones (excluding diaryl/α,β-unsaturated/α-hetero) is 1. The van der Waals surface area contributed by atoms with Crippen LogP contribution in [0.3, 0.4) is 0 Å². The third kappa shape index (κ3) is 9.23. The predicted octanol–water partition coefficient (Wildman–Crippen LogP) is 6.42. The third-order valence-corrected chi connectivity index (χ3v) is 8.07. The van der Waals surface area contributed by atoms with Crippen molar-refractivity contribution in [2.75, 3.05) is 31.1 Å². The number of rotatable bonds is 14. The van der Waals surface area contributed by atoms with E-state index in [0.29, 0.717) is 18.6 Å². The van der Waals surface area contributed by atoms with Crippen LogP contribution in [0.15, 0.2) is 36.4 Å². The van der Waals surface area contributed by atoms with Gasteiger partial charge >= 0.3 is 0 Å². The Balaban J connectivity index is 1.28. The summed E-state index contributed by atoms with van der Waals surface area (Å²) < 4.78 is 0. The first-order chi connectivity index (χ1) is 17.5. The SMILES string of the molecule is CCCCCC(O)C=CC1CCC(=O)C1CCCCCCC(=O)N1CCN(c2ccc(Cl)cc2)CC1. The topological polar surface area (TPSA) is 60.9 Å². The molecule has 200 valence electrons. The lowest BCUT2D eigenvalue weighted by Gasteiger charge is -2.36. The van der Waals surface area contributed by atoms with Crippen LogP contribution in [0, 0.1) is 11.8 Å². The van der Waals surface area contributed by atoms with Gasteiger partial charge < -0.3 is 14.9 Å². The summed E-state index contributed by atoms with van der Waals surface area (Å²) in [5, 5.41) is 10.9. The van der Waals surface area contributed by atoms with E-state index < -0.39 is 0 Å². The number of allylic oxidation sites excluding steroid dienone is 1. The van der Waals surface area contributed by atoms with Gasteiger partial charge in [0.05, 0.1) is 6.10 Å². The van der Waals surface area contributed by atoms with Crippen LogP contribution in [-0.4, -0.2) is 54.0 Å². The quantitative estimate of drug-likeness (QED) is 0.229. The number of unbranched alkanes of at least 4 members (excludes halogenated alkanes) is 5. The van der Waals surface area contributed by atoms with Crippen LogP contribution in [-0.2, 0) is 9.59 Å². The van der Waals surface area contributed by atoms with Crippen molar-refractivity contribution in [3.05, 3.63) is 41.4 Å². The molecule has 3 rings (SSSR count). The number of anilines is 1. The van der Waals surface area contributed by atoms with E-state index in [1.165, 1.54) is 0 Å². The smallest absolute Gasteiger partial charge is 0.222 e. The summed E-state index contributed by atoms with van der Waals surface area (Å²) in [7, 11) is 0. The van der Waals surface area contributed by atoms with E-state index in [0.717, 1.165) is 101 Å². The number of amides is 1. The highest BCUT2D eigenvalue weighted by Gasteiger charge is 2.32. The van der Waals surface area contributed by atoms with Crippen LogP contribution in [0.25, 0.3) is 0 Å². The normalized spacial score (nSPS) is 21.5. The first-order valence-corrected chi connectivity index (χ1v) is 14.5. The third-order valence-electron chi connectivity index (χ3n) is 7.82. The number of carbonyl (C=O) groups is 2. The summed E-state index contributed by atoms with van der Waals surface area (Å²) in [4.78, 5) is 29.3. The van der Waals surface area contributed by atoms with Gasteiger partial charge in [-0.3, -0.25) is 9.59 Å². The summed E-state index contributed by atoms with van der Waals surface area (Å²) in [6, 6.07) is 7.90. The predicted molar refractivity (Wildman–Crippen MR) is 148 cm³/mol. The molecule has 3 atom stereocenters. The lowest BCUT2D eigenvalue weighted by atomic mass is 9.89. The van der Waals surface area contributed by atoms with Gasteiger partial charge in [-0.1, -0.05) is 69.2 Å². The highest BCUT2D eigenvalue weighted by Crippen LogP contribution is 2.34. The summed E-state index contributed by atoms with van der Waals surface area (Å²) in [5.41, 5.74) is 1.16. The van der Waals surface area contributed by atoms with E-state index in [-0.39, 0.29) is 23.8 Å². The first-order valence-electron chi connectivity index (χ1n) is 14.1. The number of piperazine rings is 1. The van der Waals surface area contributed by atoms with Gasteiger partial charge in [0.25, 0.3) is 0 Å². The average Bonchev–Trinajstić information content (AvgIpc) is 3.24. The van der Waals surface area contributed by atoms with Crippen LogP contribution in [0.1, 0.15) is 84.0 Å². The fourth-order valence-corrected chi connectivity index (χ4v) is 5.65. The first kappa shape index (κ1) is 28.7. The maximum absolute atomic E-state index is 12.6. The molecule has 0 radical (unpaired) electrons. The maximum atomic E-state index is 12.6. The minimum absolute atomic E-state index is 0.114. The molecule has 0 aromatic heterocycles. The van der Waals surface area contributed by atoms with Crippen molar-refractivity contribution >= 4 is 29.0 Å². The highest BCUT2D eigenvalue weighted by molar-refractivity contribution is 6.30. The summed E-state index contributed by atoms with van der Waals surface area (Å²) >= 11 is 5.98. The summed E-state index contributed by atoms with van der Waals surface area (Å²) in [6.07, 6.45) is 15.0. The van der Waals surface area contributed by atoms with E-state index in [1.54, 1.807) is 0 Å². The zero-order valence-corrected chi connectivity index (χ0v) is 22.8. The Morgan fingerprint density at radius 1 is 1.06 bits per heavy atom. The van der Waals surface area contributed by atoms with Gasteiger partial charge in [0, 0.05) is 55.6 Å². The van der Waals surface area contributed by atoms with Crippen molar-refractivity contribution < 1.29 is 14.7 Å². The molecule has 3 unspecified atom stereocenters. The number of aliphatic hydroxyl groups excluding tert-OH is 1. The number of carbonyl (C=O) groups excluding carboxylic acids is 2. The zero-order valence-electron chi connectivity index (χ0n) is 22.0. The van der Waals surface area contributed by atoms with Gasteiger partial charge in [-0.25, -0.2) is 0 Å². The van der Waals surface area contributed by atoms with Gasteiger partial charge in [-0.2, -0.15) is 0 Å². The molecular weight excluding hydrogens is 472 g/mol. The number of halogens is 1. The molecule has 1 aliphatic heterocycles. The lowest BCUT2D eigenvalue weighted by molar-refractivity contribution is -0.131. The molecule has 1 aromatic rings. The second-order valence-corrected chi connectivity index (χ2v) is 11.0. The number of hydrogen-bond donors (Lipinski definition) is 1. The Morgan fingerprint density at radius 2 is 1.78 bits per heavy atom. The van der Waals surface area contributed by atoms with E-state index >= 15 is 0 Å². The molecule has 36 heavy (non-hydrogen) atoms. The van der Waals surface area contributed by atoms with Crippen LogP contribution in [0.5, 0.6) is 0 Å². The molecule has 0 bridgehead atoms.